The molecule has 1 heterocycles. The highest BCUT2D eigenvalue weighted by Crippen LogP contribution is 2.04. The Morgan fingerprint density at radius 3 is 2.74 bits per heavy atom. The molecule has 4 N–H and O–H groups in total. The highest BCUT2D eigenvalue weighted by atomic mass is 16.4. The molecule has 0 aliphatic carbocycles. The number of imide groups is 1. The van der Waals surface area contributed by atoms with Gasteiger partial charge < -0.3 is 15.7 Å². The van der Waals surface area contributed by atoms with Crippen LogP contribution in [0.3, 0.4) is 0 Å². The summed E-state index contributed by atoms with van der Waals surface area (Å²) in [6, 6.07) is -2.72. The van der Waals surface area contributed by atoms with Crippen LogP contribution in [0, 0.1) is 0 Å². The van der Waals surface area contributed by atoms with Gasteiger partial charge in [0, 0.05) is 6.42 Å². The average Bonchev–Trinajstić information content (AvgIpc) is 2.32. The van der Waals surface area contributed by atoms with Gasteiger partial charge in [-0.15, -0.1) is 6.58 Å². The van der Waals surface area contributed by atoms with E-state index in [1.54, 1.807) is 0 Å². The van der Waals surface area contributed by atoms with Crippen molar-refractivity contribution in [1.82, 2.24) is 16.0 Å². The zero-order valence-electron chi connectivity index (χ0n) is 10.1. The lowest BCUT2D eigenvalue weighted by Crippen LogP contribution is -2.56. The molecule has 0 bridgehead atoms. The molecule has 0 radical (unpaired) electrons. The zero-order valence-corrected chi connectivity index (χ0v) is 10.1. The summed E-state index contributed by atoms with van der Waals surface area (Å²) in [6.07, 6.45) is 1.76. The van der Waals surface area contributed by atoms with Crippen molar-refractivity contribution in [2.45, 2.75) is 31.3 Å². The zero-order chi connectivity index (χ0) is 14.4. The summed E-state index contributed by atoms with van der Waals surface area (Å²) in [5.74, 6) is -2.18. The lowest BCUT2D eigenvalue weighted by Gasteiger charge is -2.22. The lowest BCUT2D eigenvalue weighted by atomic mass is 10.1. The second-order valence-electron chi connectivity index (χ2n) is 4.04. The fourth-order valence-electron chi connectivity index (χ4n) is 1.58. The number of aliphatic carboxylic acids is 1. The van der Waals surface area contributed by atoms with Gasteiger partial charge in [0.05, 0.1) is 0 Å². The van der Waals surface area contributed by atoms with Crippen molar-refractivity contribution in [3.05, 3.63) is 12.7 Å². The van der Waals surface area contributed by atoms with Gasteiger partial charge in [-0.05, 0) is 12.8 Å². The molecule has 0 spiro atoms. The fourth-order valence-corrected chi connectivity index (χ4v) is 1.58. The minimum Gasteiger partial charge on any atom is -0.480 e. The van der Waals surface area contributed by atoms with Crippen molar-refractivity contribution < 1.29 is 24.3 Å². The molecule has 1 saturated heterocycles. The molecule has 0 aromatic heterocycles. The summed E-state index contributed by atoms with van der Waals surface area (Å²) >= 11 is 0. The Labute approximate surface area is 109 Å². The minimum atomic E-state index is -1.20. The number of piperidine rings is 1. The second-order valence-corrected chi connectivity index (χ2v) is 4.04. The van der Waals surface area contributed by atoms with Crippen LogP contribution >= 0.6 is 0 Å². The number of hydrogen-bond donors (Lipinski definition) is 4. The Morgan fingerprint density at radius 1 is 1.53 bits per heavy atom. The first-order chi connectivity index (χ1) is 8.93. The molecule has 1 aliphatic heterocycles. The van der Waals surface area contributed by atoms with E-state index in [2.05, 4.69) is 22.5 Å². The van der Waals surface area contributed by atoms with E-state index in [0.29, 0.717) is 0 Å². The van der Waals surface area contributed by atoms with E-state index >= 15 is 0 Å². The topological polar surface area (TPSA) is 125 Å². The standard InChI is InChI=1S/C11H15N3O5/c1-2-3-7(10(17)18)13-11(19)12-6-4-5-8(15)14-9(6)16/h2,6-7H,1,3-5H2,(H,17,18)(H2,12,13,19)(H,14,15,16). The summed E-state index contributed by atoms with van der Waals surface area (Å²) in [5, 5.41) is 15.4. The molecule has 1 fully saturated rings. The molecule has 1 rings (SSSR count). The summed E-state index contributed by atoms with van der Waals surface area (Å²) in [7, 11) is 0. The molecule has 4 amide bonds. The number of hydrogen-bond acceptors (Lipinski definition) is 4. The van der Waals surface area contributed by atoms with Gasteiger partial charge in [0.2, 0.25) is 11.8 Å². The van der Waals surface area contributed by atoms with Crippen LogP contribution < -0.4 is 16.0 Å². The first kappa shape index (κ1) is 14.7. The number of urea groups is 1. The van der Waals surface area contributed by atoms with E-state index in [-0.39, 0.29) is 19.3 Å². The van der Waals surface area contributed by atoms with Gasteiger partial charge in [-0.25, -0.2) is 9.59 Å². The van der Waals surface area contributed by atoms with Crippen LogP contribution in [0.25, 0.3) is 0 Å². The van der Waals surface area contributed by atoms with E-state index < -0.39 is 35.9 Å². The molecular weight excluding hydrogens is 254 g/mol. The van der Waals surface area contributed by atoms with Crippen LogP contribution in [0.4, 0.5) is 4.79 Å². The number of carbonyl (C=O) groups excluding carboxylic acids is 3. The van der Waals surface area contributed by atoms with Crippen molar-refractivity contribution in [2.75, 3.05) is 0 Å². The molecule has 8 nitrogen and oxygen atoms in total. The highest BCUT2D eigenvalue weighted by molar-refractivity contribution is 6.01. The molecule has 19 heavy (non-hydrogen) atoms. The summed E-state index contributed by atoms with van der Waals surface area (Å²) in [5.41, 5.74) is 0. The van der Waals surface area contributed by atoms with Crippen molar-refractivity contribution in [2.24, 2.45) is 0 Å². The van der Waals surface area contributed by atoms with Crippen LogP contribution in [0.2, 0.25) is 0 Å². The molecule has 1 aliphatic rings. The van der Waals surface area contributed by atoms with Crippen LogP contribution in [0.1, 0.15) is 19.3 Å². The van der Waals surface area contributed by atoms with E-state index in [1.165, 1.54) is 6.08 Å². The Balaban J connectivity index is 2.50. The Kier molecular flexibility index (Phi) is 5.04. The molecule has 2 unspecified atom stereocenters. The third-order valence-corrected chi connectivity index (χ3v) is 2.55. The van der Waals surface area contributed by atoms with Gasteiger partial charge in [0.15, 0.2) is 0 Å². The van der Waals surface area contributed by atoms with E-state index in [9.17, 15) is 19.2 Å². The first-order valence-corrected chi connectivity index (χ1v) is 5.68. The lowest BCUT2D eigenvalue weighted by molar-refractivity contribution is -0.139. The van der Waals surface area contributed by atoms with Crippen molar-refractivity contribution in [3.63, 3.8) is 0 Å². The maximum atomic E-state index is 11.5. The first-order valence-electron chi connectivity index (χ1n) is 5.68. The fraction of sp³-hybridized carbons (Fsp3) is 0.455. The number of amides is 4. The van der Waals surface area contributed by atoms with E-state index in [0.717, 1.165) is 0 Å². The summed E-state index contributed by atoms with van der Waals surface area (Å²) in [6.45, 7) is 3.39. The van der Waals surface area contributed by atoms with Gasteiger partial charge in [-0.3, -0.25) is 14.9 Å². The third-order valence-electron chi connectivity index (χ3n) is 2.55. The van der Waals surface area contributed by atoms with Crippen LogP contribution in [-0.2, 0) is 14.4 Å². The average molecular weight is 269 g/mol. The smallest absolute Gasteiger partial charge is 0.326 e. The summed E-state index contributed by atoms with van der Waals surface area (Å²) < 4.78 is 0. The van der Waals surface area contributed by atoms with Crippen LogP contribution in [0.15, 0.2) is 12.7 Å². The molecule has 0 saturated carbocycles. The van der Waals surface area contributed by atoms with Gasteiger partial charge in [-0.1, -0.05) is 6.08 Å². The number of carboxylic acids is 1. The van der Waals surface area contributed by atoms with Gasteiger partial charge in [0.1, 0.15) is 12.1 Å². The van der Waals surface area contributed by atoms with Crippen LogP contribution in [0.5, 0.6) is 0 Å². The number of carbonyl (C=O) groups is 4. The SMILES string of the molecule is C=CCC(NC(=O)NC1CCC(=O)NC1=O)C(=O)O. The van der Waals surface area contributed by atoms with Crippen molar-refractivity contribution in [3.8, 4) is 0 Å². The van der Waals surface area contributed by atoms with Crippen LogP contribution in [-0.4, -0.2) is 41.0 Å². The number of nitrogens with one attached hydrogen (secondary N) is 3. The van der Waals surface area contributed by atoms with E-state index in [4.69, 9.17) is 5.11 Å². The Bertz CT molecular complexity index is 421. The monoisotopic (exact) mass is 269 g/mol. The molecule has 0 aromatic carbocycles. The largest absolute Gasteiger partial charge is 0.480 e. The molecule has 104 valence electrons. The minimum absolute atomic E-state index is 0.0676. The molecule has 0 aromatic rings. The van der Waals surface area contributed by atoms with Crippen molar-refractivity contribution >= 4 is 23.8 Å². The Hall–Kier alpha value is -2.38. The molecular formula is C11H15N3O5. The normalized spacial score (nSPS) is 20.1. The van der Waals surface area contributed by atoms with E-state index in [1.807, 2.05) is 0 Å². The van der Waals surface area contributed by atoms with Gasteiger partial charge in [0.25, 0.3) is 0 Å². The Morgan fingerprint density at radius 2 is 2.21 bits per heavy atom. The number of carboxylic acid groups (broad SMARTS) is 1. The highest BCUT2D eigenvalue weighted by Gasteiger charge is 2.28. The predicted octanol–water partition coefficient (Wildman–Crippen LogP) is -0.880. The van der Waals surface area contributed by atoms with Gasteiger partial charge in [-0.2, -0.15) is 0 Å². The molecule has 2 atom stereocenters. The quantitative estimate of drug-likeness (QED) is 0.381. The second kappa shape index (κ2) is 6.53. The van der Waals surface area contributed by atoms with Gasteiger partial charge >= 0.3 is 12.0 Å². The van der Waals surface area contributed by atoms with Crippen molar-refractivity contribution in [1.29, 1.82) is 0 Å². The predicted molar refractivity (Wildman–Crippen MR) is 64.1 cm³/mol. The third kappa shape index (κ3) is 4.41. The summed E-state index contributed by atoms with van der Waals surface area (Å²) in [4.78, 5) is 44.6. The molecule has 8 heteroatoms. The number of rotatable bonds is 5. The maximum absolute atomic E-state index is 11.5. The maximum Gasteiger partial charge on any atom is 0.326 e.